The number of carbonyl (C=O) groups excluding carboxylic acids is 1. The Kier molecular flexibility index (Phi) is 3.77. The molecule has 0 saturated carbocycles. The molecule has 112 valence electrons. The van der Waals surface area contributed by atoms with E-state index in [0.717, 1.165) is 18.4 Å². The minimum atomic E-state index is -0.154. The molecular formula is C13H16ClN5O2. The van der Waals surface area contributed by atoms with E-state index in [9.17, 15) is 4.79 Å². The van der Waals surface area contributed by atoms with Gasteiger partial charge in [0.25, 0.3) is 0 Å². The smallest absolute Gasteiger partial charge is 0.310 e. The highest BCUT2D eigenvalue weighted by Gasteiger charge is 2.29. The first-order valence-corrected chi connectivity index (χ1v) is 7.10. The van der Waals surface area contributed by atoms with Gasteiger partial charge < -0.3 is 4.74 Å². The molecule has 1 aliphatic rings. The van der Waals surface area contributed by atoms with E-state index >= 15 is 0 Å². The van der Waals surface area contributed by atoms with Gasteiger partial charge in [0.05, 0.1) is 31.2 Å². The van der Waals surface area contributed by atoms with Crippen molar-refractivity contribution in [2.75, 3.05) is 20.2 Å². The fourth-order valence-corrected chi connectivity index (χ4v) is 2.87. The first-order chi connectivity index (χ1) is 10.1. The second kappa shape index (κ2) is 5.57. The minimum Gasteiger partial charge on any atom is -0.469 e. The number of likely N-dealkylation sites (tertiary alicyclic amines) is 1. The molecule has 0 bridgehead atoms. The maximum atomic E-state index is 11.5. The number of hydrogen-bond donors (Lipinski definition) is 0. The quantitative estimate of drug-likeness (QED) is 0.622. The first-order valence-electron chi connectivity index (χ1n) is 6.73. The van der Waals surface area contributed by atoms with Gasteiger partial charge in [-0.3, -0.25) is 14.4 Å². The lowest BCUT2D eigenvalue weighted by Gasteiger charge is -2.14. The first kappa shape index (κ1) is 14.2. The van der Waals surface area contributed by atoms with Crippen LogP contribution in [0.15, 0.2) is 6.20 Å². The maximum Gasteiger partial charge on any atom is 0.310 e. The third-order valence-corrected chi connectivity index (χ3v) is 4.05. The molecule has 1 aliphatic heterocycles. The molecule has 3 rings (SSSR count). The third-order valence-electron chi connectivity index (χ3n) is 3.76. The van der Waals surface area contributed by atoms with Crippen LogP contribution in [0, 0.1) is 5.92 Å². The Hall–Kier alpha value is -1.73. The number of halogens is 1. The Labute approximate surface area is 126 Å². The fraction of sp³-hybridized carbons (Fsp3) is 0.538. The van der Waals surface area contributed by atoms with Crippen LogP contribution in [0.1, 0.15) is 12.2 Å². The van der Waals surface area contributed by atoms with Crippen molar-refractivity contribution in [3.63, 3.8) is 0 Å². The molecule has 0 aromatic carbocycles. The van der Waals surface area contributed by atoms with Crippen LogP contribution in [0.2, 0.25) is 5.15 Å². The van der Waals surface area contributed by atoms with E-state index < -0.39 is 0 Å². The van der Waals surface area contributed by atoms with Gasteiger partial charge in [-0.15, -0.1) is 0 Å². The summed E-state index contributed by atoms with van der Waals surface area (Å²) in [5.74, 6) is 0.422. The Morgan fingerprint density at radius 2 is 2.33 bits per heavy atom. The lowest BCUT2D eigenvalue weighted by atomic mass is 10.1. The number of aryl methyl sites for hydroxylation is 1. The Morgan fingerprint density at radius 3 is 3.10 bits per heavy atom. The number of rotatable bonds is 3. The number of fused-ring (bicyclic) bond motifs is 1. The summed E-state index contributed by atoms with van der Waals surface area (Å²) in [5, 5.41) is 5.29. The fourth-order valence-electron chi connectivity index (χ4n) is 2.64. The average Bonchev–Trinajstić information content (AvgIpc) is 3.06. The van der Waals surface area contributed by atoms with E-state index in [1.807, 2.05) is 7.05 Å². The van der Waals surface area contributed by atoms with Gasteiger partial charge in [0.2, 0.25) is 0 Å². The number of ether oxygens (including phenoxy) is 1. The van der Waals surface area contributed by atoms with Crippen LogP contribution in [0.5, 0.6) is 0 Å². The molecule has 7 nitrogen and oxygen atoms in total. The normalized spacial score (nSPS) is 19.3. The van der Waals surface area contributed by atoms with Crippen molar-refractivity contribution in [3.05, 3.63) is 17.2 Å². The number of carbonyl (C=O) groups is 1. The van der Waals surface area contributed by atoms with Crippen molar-refractivity contribution < 1.29 is 9.53 Å². The van der Waals surface area contributed by atoms with Crippen LogP contribution in [-0.2, 0) is 23.1 Å². The van der Waals surface area contributed by atoms with E-state index in [2.05, 4.69) is 20.0 Å². The van der Waals surface area contributed by atoms with Crippen LogP contribution in [0.4, 0.5) is 0 Å². The number of methoxy groups -OCH3 is 1. The monoisotopic (exact) mass is 309 g/mol. The van der Waals surface area contributed by atoms with Crippen LogP contribution < -0.4 is 0 Å². The van der Waals surface area contributed by atoms with Gasteiger partial charge in [0.1, 0.15) is 11.0 Å². The van der Waals surface area contributed by atoms with Crippen molar-refractivity contribution in [2.24, 2.45) is 13.0 Å². The Balaban J connectivity index is 1.77. The summed E-state index contributed by atoms with van der Waals surface area (Å²) in [4.78, 5) is 22.5. The van der Waals surface area contributed by atoms with Crippen molar-refractivity contribution in [2.45, 2.75) is 13.0 Å². The molecular weight excluding hydrogens is 294 g/mol. The molecule has 0 amide bonds. The molecule has 0 aliphatic carbocycles. The summed E-state index contributed by atoms with van der Waals surface area (Å²) in [5.41, 5.74) is 0.716. The van der Waals surface area contributed by atoms with Crippen LogP contribution in [0.3, 0.4) is 0 Å². The summed E-state index contributed by atoms with van der Waals surface area (Å²) in [6.07, 6.45) is 2.46. The molecule has 0 N–H and O–H groups in total. The second-order valence-electron chi connectivity index (χ2n) is 5.18. The summed E-state index contributed by atoms with van der Waals surface area (Å²) >= 11 is 6.17. The maximum absolute atomic E-state index is 11.5. The number of nitrogens with zero attached hydrogens (tertiary/aromatic N) is 5. The highest BCUT2D eigenvalue weighted by atomic mass is 35.5. The molecule has 8 heteroatoms. The number of aromatic nitrogens is 4. The summed E-state index contributed by atoms with van der Waals surface area (Å²) in [7, 11) is 3.24. The SMILES string of the molecule is COC(=O)C1CCN(Cc2nc(Cl)c3cnn(C)c3n2)C1. The molecule has 2 aromatic rings. The number of esters is 1. The molecule has 1 fully saturated rings. The molecule has 0 radical (unpaired) electrons. The lowest BCUT2D eigenvalue weighted by molar-refractivity contribution is -0.144. The zero-order valence-electron chi connectivity index (χ0n) is 11.9. The van der Waals surface area contributed by atoms with Crippen molar-refractivity contribution in [1.82, 2.24) is 24.6 Å². The predicted octanol–water partition coefficient (Wildman–Crippen LogP) is 1.01. The summed E-state index contributed by atoms with van der Waals surface area (Å²) < 4.78 is 6.46. The van der Waals surface area contributed by atoms with E-state index in [0.29, 0.717) is 29.7 Å². The summed E-state index contributed by atoms with van der Waals surface area (Å²) in [6.45, 7) is 2.05. The zero-order chi connectivity index (χ0) is 15.0. The van der Waals surface area contributed by atoms with Gasteiger partial charge in [-0.2, -0.15) is 5.10 Å². The molecule has 3 heterocycles. The third kappa shape index (κ3) is 2.71. The molecule has 1 unspecified atom stereocenters. The van der Waals surface area contributed by atoms with E-state index in [4.69, 9.17) is 16.3 Å². The minimum absolute atomic E-state index is 0.0640. The average molecular weight is 310 g/mol. The molecule has 1 atom stereocenters. The van der Waals surface area contributed by atoms with Crippen molar-refractivity contribution in [3.8, 4) is 0 Å². The van der Waals surface area contributed by atoms with E-state index in [1.165, 1.54) is 7.11 Å². The lowest BCUT2D eigenvalue weighted by Crippen LogP contribution is -2.24. The van der Waals surface area contributed by atoms with E-state index in [1.54, 1.807) is 10.9 Å². The van der Waals surface area contributed by atoms with Gasteiger partial charge >= 0.3 is 5.97 Å². The van der Waals surface area contributed by atoms with Gasteiger partial charge in [0.15, 0.2) is 5.65 Å². The Morgan fingerprint density at radius 1 is 1.52 bits per heavy atom. The van der Waals surface area contributed by atoms with Crippen LogP contribution in [0.25, 0.3) is 11.0 Å². The molecule has 1 saturated heterocycles. The van der Waals surface area contributed by atoms with Crippen molar-refractivity contribution in [1.29, 1.82) is 0 Å². The summed E-state index contributed by atoms with van der Waals surface area (Å²) in [6, 6.07) is 0. The molecule has 2 aromatic heterocycles. The van der Waals surface area contributed by atoms with Gasteiger partial charge in [-0.25, -0.2) is 9.97 Å². The zero-order valence-corrected chi connectivity index (χ0v) is 12.7. The van der Waals surface area contributed by atoms with Crippen LogP contribution in [-0.4, -0.2) is 50.8 Å². The van der Waals surface area contributed by atoms with Gasteiger partial charge in [-0.1, -0.05) is 11.6 Å². The second-order valence-corrected chi connectivity index (χ2v) is 5.54. The number of hydrogen-bond acceptors (Lipinski definition) is 6. The van der Waals surface area contributed by atoms with Gasteiger partial charge in [0, 0.05) is 13.6 Å². The Bertz CT molecular complexity index is 686. The standard InChI is InChI=1S/C13H16ClN5O2/c1-18-12-9(5-15-18)11(14)16-10(17-12)7-19-4-3-8(6-19)13(20)21-2/h5,8H,3-4,6-7H2,1-2H3. The highest BCUT2D eigenvalue weighted by molar-refractivity contribution is 6.33. The van der Waals surface area contributed by atoms with Crippen molar-refractivity contribution >= 4 is 28.6 Å². The van der Waals surface area contributed by atoms with Crippen LogP contribution >= 0.6 is 11.6 Å². The predicted molar refractivity (Wildman–Crippen MR) is 76.7 cm³/mol. The molecule has 21 heavy (non-hydrogen) atoms. The highest BCUT2D eigenvalue weighted by Crippen LogP contribution is 2.22. The largest absolute Gasteiger partial charge is 0.469 e. The van der Waals surface area contributed by atoms with Gasteiger partial charge in [-0.05, 0) is 13.0 Å². The topological polar surface area (TPSA) is 73.1 Å². The molecule has 0 spiro atoms. The van der Waals surface area contributed by atoms with E-state index in [-0.39, 0.29) is 11.9 Å².